The third-order valence-electron chi connectivity index (χ3n) is 3.70. The van der Waals surface area contributed by atoms with Gasteiger partial charge in [-0.25, -0.2) is 0 Å². The van der Waals surface area contributed by atoms with Gasteiger partial charge in [-0.1, -0.05) is 37.6 Å². The molecule has 0 unspecified atom stereocenters. The summed E-state index contributed by atoms with van der Waals surface area (Å²) in [5, 5.41) is 2.65. The summed E-state index contributed by atoms with van der Waals surface area (Å²) in [5.41, 5.74) is 6.36. The van der Waals surface area contributed by atoms with Crippen molar-refractivity contribution < 1.29 is 0 Å². The van der Waals surface area contributed by atoms with Crippen LogP contribution in [0.5, 0.6) is 0 Å². The molecule has 0 aliphatic heterocycles. The lowest BCUT2D eigenvalue weighted by Gasteiger charge is -2.02. The van der Waals surface area contributed by atoms with E-state index in [1.54, 1.807) is 0 Å². The molecule has 3 aromatic rings. The summed E-state index contributed by atoms with van der Waals surface area (Å²) in [4.78, 5) is 3.57. The second-order valence-electron chi connectivity index (χ2n) is 6.05. The van der Waals surface area contributed by atoms with E-state index < -0.39 is 0 Å². The molecule has 0 fully saturated rings. The summed E-state index contributed by atoms with van der Waals surface area (Å²) in [6.45, 7) is 8.73. The Labute approximate surface area is 120 Å². The van der Waals surface area contributed by atoms with Gasteiger partial charge in [0.25, 0.3) is 0 Å². The molecule has 0 saturated carbocycles. The molecule has 2 aromatic carbocycles. The average molecular weight is 263 g/mol. The van der Waals surface area contributed by atoms with E-state index >= 15 is 0 Å². The van der Waals surface area contributed by atoms with Gasteiger partial charge in [-0.2, -0.15) is 0 Å². The number of benzene rings is 2. The van der Waals surface area contributed by atoms with Crippen molar-refractivity contribution in [3.63, 3.8) is 0 Å². The van der Waals surface area contributed by atoms with E-state index in [1.807, 2.05) is 0 Å². The van der Waals surface area contributed by atoms with Gasteiger partial charge in [0.15, 0.2) is 0 Å². The van der Waals surface area contributed by atoms with E-state index in [0.717, 1.165) is 0 Å². The Morgan fingerprint density at radius 2 is 1.70 bits per heavy atom. The first kappa shape index (κ1) is 13.0. The predicted molar refractivity (Wildman–Crippen MR) is 89.2 cm³/mol. The zero-order valence-corrected chi connectivity index (χ0v) is 12.6. The molecule has 20 heavy (non-hydrogen) atoms. The molecule has 0 radical (unpaired) electrons. The van der Waals surface area contributed by atoms with E-state index in [4.69, 9.17) is 0 Å². The van der Waals surface area contributed by atoms with E-state index in [-0.39, 0.29) is 0 Å². The number of aromatic nitrogens is 1. The number of H-pyrrole nitrogens is 1. The van der Waals surface area contributed by atoms with Crippen molar-refractivity contribution in [3.05, 3.63) is 53.1 Å². The molecular weight excluding hydrogens is 242 g/mol. The number of allylic oxidation sites excluding steroid dienone is 1. The maximum atomic E-state index is 3.57. The maximum Gasteiger partial charge on any atom is 0.0538 e. The van der Waals surface area contributed by atoms with Crippen LogP contribution in [-0.4, -0.2) is 4.98 Å². The quantitative estimate of drug-likeness (QED) is 0.618. The number of fused-ring (bicyclic) bond motifs is 3. The van der Waals surface area contributed by atoms with Crippen LogP contribution in [0.15, 0.2) is 36.4 Å². The van der Waals surface area contributed by atoms with Crippen molar-refractivity contribution in [1.82, 2.24) is 4.98 Å². The Morgan fingerprint density at radius 1 is 0.950 bits per heavy atom. The van der Waals surface area contributed by atoms with Crippen molar-refractivity contribution in [2.45, 2.75) is 27.7 Å². The third-order valence-corrected chi connectivity index (χ3v) is 3.70. The second-order valence-corrected chi connectivity index (χ2v) is 6.05. The number of hydrogen-bond acceptors (Lipinski definition) is 0. The molecule has 0 bridgehead atoms. The molecule has 0 aliphatic carbocycles. The summed E-state index contributed by atoms with van der Waals surface area (Å²) in [5.74, 6) is 0.567. The first-order chi connectivity index (χ1) is 9.54. The minimum Gasteiger partial charge on any atom is -0.354 e. The van der Waals surface area contributed by atoms with Crippen molar-refractivity contribution in [3.8, 4) is 0 Å². The molecule has 0 amide bonds. The van der Waals surface area contributed by atoms with Crippen LogP contribution in [0, 0.1) is 19.8 Å². The van der Waals surface area contributed by atoms with Crippen LogP contribution in [0.25, 0.3) is 27.9 Å². The van der Waals surface area contributed by atoms with E-state index in [0.29, 0.717) is 5.92 Å². The van der Waals surface area contributed by atoms with Crippen molar-refractivity contribution in [1.29, 1.82) is 0 Å². The molecule has 1 N–H and O–H groups in total. The highest BCUT2D eigenvalue weighted by Gasteiger charge is 2.08. The molecule has 1 heteroatoms. The first-order valence-corrected chi connectivity index (χ1v) is 7.25. The summed E-state index contributed by atoms with van der Waals surface area (Å²) < 4.78 is 0. The molecule has 0 aliphatic rings. The topological polar surface area (TPSA) is 15.8 Å². The fourth-order valence-corrected chi connectivity index (χ4v) is 2.72. The molecule has 1 aromatic heterocycles. The Hall–Kier alpha value is -2.02. The average Bonchev–Trinajstić information content (AvgIpc) is 2.74. The fraction of sp³-hybridized carbons (Fsp3) is 0.263. The van der Waals surface area contributed by atoms with E-state index in [1.165, 1.54) is 38.5 Å². The Morgan fingerprint density at radius 3 is 2.45 bits per heavy atom. The number of aromatic amines is 1. The molecule has 0 spiro atoms. The summed E-state index contributed by atoms with van der Waals surface area (Å²) in [6.07, 6.45) is 4.49. The monoisotopic (exact) mass is 263 g/mol. The highest BCUT2D eigenvalue weighted by Crippen LogP contribution is 2.30. The molecule has 1 nitrogen and oxygen atoms in total. The molecule has 0 atom stereocenters. The summed E-state index contributed by atoms with van der Waals surface area (Å²) in [7, 11) is 0. The molecule has 1 heterocycles. The van der Waals surface area contributed by atoms with Crippen molar-refractivity contribution >= 4 is 27.9 Å². The molecule has 0 saturated heterocycles. The Balaban J connectivity index is 2.33. The lowest BCUT2D eigenvalue weighted by Crippen LogP contribution is -1.82. The van der Waals surface area contributed by atoms with Crippen LogP contribution in [0.1, 0.15) is 30.5 Å². The number of nitrogens with one attached hydrogen (secondary N) is 1. The summed E-state index contributed by atoms with van der Waals surface area (Å²) >= 11 is 0. The van der Waals surface area contributed by atoms with Crippen LogP contribution in [0.4, 0.5) is 0 Å². The number of aryl methyl sites for hydroxylation is 2. The van der Waals surface area contributed by atoms with E-state index in [9.17, 15) is 0 Å². The van der Waals surface area contributed by atoms with Gasteiger partial charge in [0.2, 0.25) is 0 Å². The van der Waals surface area contributed by atoms with Gasteiger partial charge in [0.05, 0.1) is 5.52 Å². The van der Waals surface area contributed by atoms with Crippen LogP contribution < -0.4 is 0 Å². The Kier molecular flexibility index (Phi) is 3.13. The first-order valence-electron chi connectivity index (χ1n) is 7.25. The third kappa shape index (κ3) is 2.24. The SMILES string of the molecule is Cc1ccc2[nH]c3c(/C=C/C(C)C)cc(C)cc3c2c1. The van der Waals surface area contributed by atoms with Gasteiger partial charge in [0.1, 0.15) is 0 Å². The molecule has 102 valence electrons. The van der Waals surface area contributed by atoms with Gasteiger partial charge < -0.3 is 4.98 Å². The van der Waals surface area contributed by atoms with Gasteiger partial charge in [-0.15, -0.1) is 0 Å². The van der Waals surface area contributed by atoms with Crippen LogP contribution in [-0.2, 0) is 0 Å². The lowest BCUT2D eigenvalue weighted by molar-refractivity contribution is 0.836. The fourth-order valence-electron chi connectivity index (χ4n) is 2.72. The largest absolute Gasteiger partial charge is 0.354 e. The maximum absolute atomic E-state index is 3.57. The van der Waals surface area contributed by atoms with E-state index in [2.05, 4.69) is 75.2 Å². The van der Waals surface area contributed by atoms with Gasteiger partial charge >= 0.3 is 0 Å². The highest BCUT2D eigenvalue weighted by atomic mass is 14.7. The van der Waals surface area contributed by atoms with Crippen molar-refractivity contribution in [2.75, 3.05) is 0 Å². The number of hydrogen-bond donors (Lipinski definition) is 1. The van der Waals surface area contributed by atoms with Crippen molar-refractivity contribution in [2.24, 2.45) is 5.92 Å². The predicted octanol–water partition coefficient (Wildman–Crippen LogP) is 5.61. The number of rotatable bonds is 2. The second kappa shape index (κ2) is 4.82. The van der Waals surface area contributed by atoms with Crippen LogP contribution in [0.2, 0.25) is 0 Å². The zero-order chi connectivity index (χ0) is 14.3. The van der Waals surface area contributed by atoms with Gasteiger partial charge in [-0.3, -0.25) is 0 Å². The van der Waals surface area contributed by atoms with Crippen LogP contribution >= 0.6 is 0 Å². The van der Waals surface area contributed by atoms with Gasteiger partial charge in [-0.05, 0) is 55.2 Å². The van der Waals surface area contributed by atoms with Crippen LogP contribution in [0.3, 0.4) is 0 Å². The summed E-state index contributed by atoms with van der Waals surface area (Å²) in [6, 6.07) is 11.1. The molecular formula is C19H21N. The normalized spacial score (nSPS) is 12.2. The Bertz CT molecular complexity index is 803. The minimum absolute atomic E-state index is 0.567. The standard InChI is InChI=1S/C19H21N/c1-12(2)5-7-15-9-14(4)11-17-16-10-13(3)6-8-18(16)20-19(15)17/h5-12,20H,1-4H3/b7-5+. The zero-order valence-electron chi connectivity index (χ0n) is 12.6. The minimum atomic E-state index is 0.567. The lowest BCUT2D eigenvalue weighted by atomic mass is 10.0. The highest BCUT2D eigenvalue weighted by molar-refractivity contribution is 6.10. The molecule has 3 rings (SSSR count). The van der Waals surface area contributed by atoms with Gasteiger partial charge in [0, 0.05) is 16.3 Å². The smallest absolute Gasteiger partial charge is 0.0538 e.